The Hall–Kier alpha value is 3.97. The summed E-state index contributed by atoms with van der Waals surface area (Å²) in [6.07, 6.45) is 0. The van der Waals surface area contributed by atoms with Crippen LogP contribution in [-0.2, 0) is 26.2 Å². The molecule has 0 fully saturated rings. The molecule has 0 radical (unpaired) electrons. The second-order valence-corrected chi connectivity index (χ2v) is 0. The molecule has 40 valence electrons. The van der Waals surface area contributed by atoms with E-state index in [2.05, 4.69) is 0 Å². The van der Waals surface area contributed by atoms with Crippen molar-refractivity contribution in [2.45, 2.75) is 0 Å². The van der Waals surface area contributed by atoms with Gasteiger partial charge in [-0.2, -0.15) is 0 Å². The van der Waals surface area contributed by atoms with Gasteiger partial charge in [0.1, 0.15) is 0 Å². The van der Waals surface area contributed by atoms with Crippen LogP contribution in [0.25, 0.3) is 0 Å². The number of halogens is 5. The van der Waals surface area contributed by atoms with Crippen LogP contribution < -0.4 is 113 Å². The van der Waals surface area contributed by atoms with E-state index in [1.165, 1.54) is 0 Å². The molecule has 0 atom stereocenters. The van der Waals surface area contributed by atoms with E-state index in [1.54, 1.807) is 0 Å². The molecule has 0 bridgehead atoms. The van der Waals surface area contributed by atoms with Gasteiger partial charge in [-0.25, -0.2) is 0 Å². The van der Waals surface area contributed by atoms with Crippen LogP contribution >= 0.6 is 0 Å². The summed E-state index contributed by atoms with van der Waals surface area (Å²) in [7, 11) is 0. The zero-order chi connectivity index (χ0) is 0. The molecule has 0 aliphatic carbocycles. The Balaban J connectivity index is 0. The Morgan fingerprint density at radius 1 is 0.429 bits per heavy atom. The molecule has 7 heavy (non-hydrogen) atoms. The predicted octanol–water partition coefficient (Wildman–Crippen LogP) is -18.0. The fourth-order valence-electron chi connectivity index (χ4n) is 0. The first kappa shape index (κ1) is 69.2. The summed E-state index contributed by atoms with van der Waals surface area (Å²) in [5.74, 6) is 0. The zero-order valence-electron chi connectivity index (χ0n) is 3.39. The van der Waals surface area contributed by atoms with Crippen molar-refractivity contribution in [1.29, 1.82) is 0 Å². The second kappa shape index (κ2) is 50.9. The van der Waals surface area contributed by atoms with E-state index in [0.29, 0.717) is 0 Å². The Morgan fingerprint density at radius 2 is 0.429 bits per heavy atom. The standard InChI is InChI=1S/5ClH.K.Zr/h5*1H;;/q;;;;;+1;+4/p-5. The van der Waals surface area contributed by atoms with Gasteiger partial charge in [-0.15, -0.1) is 0 Å². The van der Waals surface area contributed by atoms with Gasteiger partial charge in [0.15, 0.2) is 0 Å². The molecule has 0 amide bonds. The SMILES string of the molecule is [Cl-].[Cl-].[Cl-].[Cl-].[Cl-].[K+].[Zr+4]. The third-order valence-electron chi connectivity index (χ3n) is 0. The van der Waals surface area contributed by atoms with Crippen LogP contribution in [0.4, 0.5) is 0 Å². The van der Waals surface area contributed by atoms with Crippen LogP contribution in [0.3, 0.4) is 0 Å². The maximum Gasteiger partial charge on any atom is 4.00 e. The van der Waals surface area contributed by atoms with Crippen molar-refractivity contribution in [2.75, 3.05) is 0 Å². The molecule has 0 unspecified atom stereocenters. The molecule has 7 heteroatoms. The molecule has 0 heterocycles. The van der Waals surface area contributed by atoms with E-state index in [1.807, 2.05) is 0 Å². The van der Waals surface area contributed by atoms with Crippen molar-refractivity contribution >= 4 is 0 Å². The van der Waals surface area contributed by atoms with Gasteiger partial charge in [0, 0.05) is 0 Å². The Labute approximate surface area is 136 Å². The summed E-state index contributed by atoms with van der Waals surface area (Å²) < 4.78 is 0. The summed E-state index contributed by atoms with van der Waals surface area (Å²) in [5, 5.41) is 0. The van der Waals surface area contributed by atoms with E-state index in [4.69, 9.17) is 0 Å². The second-order valence-electron chi connectivity index (χ2n) is 0. The van der Waals surface area contributed by atoms with E-state index < -0.39 is 0 Å². The fraction of sp³-hybridized carbons (Fsp3) is 0. The van der Waals surface area contributed by atoms with Crippen LogP contribution in [0.2, 0.25) is 0 Å². The number of hydrogen-bond donors (Lipinski definition) is 0. The van der Waals surface area contributed by atoms with E-state index >= 15 is 0 Å². The van der Waals surface area contributed by atoms with Crippen molar-refractivity contribution in [3.63, 3.8) is 0 Å². The van der Waals surface area contributed by atoms with Crippen LogP contribution in [0.15, 0.2) is 0 Å². The first-order valence-corrected chi connectivity index (χ1v) is 0. The molecule has 0 nitrogen and oxygen atoms in total. The monoisotopic (exact) mass is 304 g/mol. The summed E-state index contributed by atoms with van der Waals surface area (Å²) in [6, 6.07) is 0. The molecule has 0 aromatic rings. The van der Waals surface area contributed by atoms with Gasteiger partial charge in [0.05, 0.1) is 0 Å². The number of hydrogen-bond acceptors (Lipinski definition) is 0. The van der Waals surface area contributed by atoms with Gasteiger partial charge < -0.3 is 62.0 Å². The molecule has 0 aromatic heterocycles. The molecule has 0 rings (SSSR count). The minimum atomic E-state index is 0. The largest absolute Gasteiger partial charge is 4.00 e. The van der Waals surface area contributed by atoms with Crippen LogP contribution in [0.1, 0.15) is 0 Å². The quantitative estimate of drug-likeness (QED) is 0.390. The average Bonchev–Trinajstić information content (AvgIpc) is 0. The van der Waals surface area contributed by atoms with Crippen LogP contribution in [0, 0.1) is 0 Å². The molecule has 0 aliphatic heterocycles. The van der Waals surface area contributed by atoms with E-state index in [0.717, 1.165) is 0 Å². The Kier molecular flexibility index (Phi) is 503. The molecule has 0 aromatic carbocycles. The molecule has 0 saturated carbocycles. The smallest absolute Gasteiger partial charge is 1.00 e. The minimum absolute atomic E-state index is 0. The van der Waals surface area contributed by atoms with Gasteiger partial charge in [0.25, 0.3) is 0 Å². The Morgan fingerprint density at radius 3 is 0.429 bits per heavy atom. The zero-order valence-corrected chi connectivity index (χ0v) is 12.8. The van der Waals surface area contributed by atoms with Crippen molar-refractivity contribution < 1.29 is 140 Å². The predicted molar refractivity (Wildman–Crippen MR) is 0 cm³/mol. The van der Waals surface area contributed by atoms with Gasteiger partial charge in [-0.05, 0) is 0 Å². The van der Waals surface area contributed by atoms with Crippen LogP contribution in [0.5, 0.6) is 0 Å². The maximum atomic E-state index is 0. The minimum Gasteiger partial charge on any atom is -1.00 e. The van der Waals surface area contributed by atoms with E-state index in [-0.39, 0.29) is 140 Å². The molecular formula is Cl5KZr. The number of rotatable bonds is 0. The van der Waals surface area contributed by atoms with Crippen LogP contribution in [-0.4, -0.2) is 0 Å². The van der Waals surface area contributed by atoms with Crippen molar-refractivity contribution in [1.82, 2.24) is 0 Å². The average molecular weight is 308 g/mol. The molecule has 0 N–H and O–H groups in total. The summed E-state index contributed by atoms with van der Waals surface area (Å²) in [4.78, 5) is 0. The van der Waals surface area contributed by atoms with Gasteiger partial charge in [-0.3, -0.25) is 0 Å². The van der Waals surface area contributed by atoms with Gasteiger partial charge >= 0.3 is 77.6 Å². The third kappa shape index (κ3) is 40.2. The summed E-state index contributed by atoms with van der Waals surface area (Å²) >= 11 is 0. The first-order chi connectivity index (χ1) is 0. The normalized spacial score (nSPS) is 0. The first-order valence-electron chi connectivity index (χ1n) is 0. The topological polar surface area (TPSA) is 0 Å². The molecule has 0 saturated heterocycles. The van der Waals surface area contributed by atoms with E-state index in [9.17, 15) is 0 Å². The van der Waals surface area contributed by atoms with Crippen molar-refractivity contribution in [3.8, 4) is 0 Å². The van der Waals surface area contributed by atoms with Crippen molar-refractivity contribution in [2.24, 2.45) is 0 Å². The maximum absolute atomic E-state index is 0. The fourth-order valence-corrected chi connectivity index (χ4v) is 0. The Bertz CT molecular complexity index is 8.04. The molecular weight excluding hydrogens is 308 g/mol. The van der Waals surface area contributed by atoms with Gasteiger partial charge in [0.2, 0.25) is 0 Å². The third-order valence-corrected chi connectivity index (χ3v) is 0. The van der Waals surface area contributed by atoms with Gasteiger partial charge in [-0.1, -0.05) is 0 Å². The summed E-state index contributed by atoms with van der Waals surface area (Å²) in [5.41, 5.74) is 0. The molecule has 0 aliphatic rings. The van der Waals surface area contributed by atoms with Crippen molar-refractivity contribution in [3.05, 3.63) is 0 Å². The summed E-state index contributed by atoms with van der Waals surface area (Å²) in [6.45, 7) is 0. The molecule has 0 spiro atoms.